The summed E-state index contributed by atoms with van der Waals surface area (Å²) >= 11 is 3.64. The summed E-state index contributed by atoms with van der Waals surface area (Å²) in [4.78, 5) is 3.92. The minimum Gasteiger partial charge on any atom is -0.271 e. The molecule has 2 nitrogen and oxygen atoms in total. The van der Waals surface area contributed by atoms with Crippen LogP contribution in [0.2, 0.25) is 0 Å². The average molecular weight is 278 g/mol. The van der Waals surface area contributed by atoms with E-state index in [4.69, 9.17) is 5.84 Å². The van der Waals surface area contributed by atoms with Crippen molar-refractivity contribution in [2.45, 2.75) is 24.8 Å². The number of hydrogen-bond donors (Lipinski definition) is 2. The standard InChI is InChI=1S/C14H18N2S2/c1-10-4-3-5-12(8-10)17-9-13(16-15)14-7-6-11(2)18-14/h3-8,13,16H,9,15H2,1-2H3. The third-order valence-corrected chi connectivity index (χ3v) is 4.91. The summed E-state index contributed by atoms with van der Waals surface area (Å²) in [7, 11) is 0. The van der Waals surface area contributed by atoms with Crippen LogP contribution in [0.4, 0.5) is 0 Å². The molecule has 0 saturated heterocycles. The molecule has 1 unspecified atom stereocenters. The molecule has 0 bridgehead atoms. The van der Waals surface area contributed by atoms with Gasteiger partial charge in [0.25, 0.3) is 0 Å². The normalized spacial score (nSPS) is 12.6. The molecule has 1 atom stereocenters. The number of rotatable bonds is 5. The fourth-order valence-corrected chi connectivity index (χ4v) is 3.86. The van der Waals surface area contributed by atoms with Crippen molar-refractivity contribution < 1.29 is 0 Å². The van der Waals surface area contributed by atoms with Gasteiger partial charge in [-0.1, -0.05) is 17.7 Å². The molecule has 2 rings (SSSR count). The van der Waals surface area contributed by atoms with Gasteiger partial charge in [0, 0.05) is 20.4 Å². The molecule has 1 heterocycles. The second-order valence-electron chi connectivity index (χ2n) is 4.30. The quantitative estimate of drug-likeness (QED) is 0.498. The minimum atomic E-state index is 0.217. The first-order valence-electron chi connectivity index (χ1n) is 5.91. The van der Waals surface area contributed by atoms with Crippen molar-refractivity contribution >= 4 is 23.1 Å². The smallest absolute Gasteiger partial charge is 0.0647 e. The number of hydrogen-bond acceptors (Lipinski definition) is 4. The van der Waals surface area contributed by atoms with Gasteiger partial charge in [0.05, 0.1) is 6.04 Å². The summed E-state index contributed by atoms with van der Waals surface area (Å²) in [6.07, 6.45) is 0. The van der Waals surface area contributed by atoms with E-state index in [-0.39, 0.29) is 6.04 Å². The zero-order valence-electron chi connectivity index (χ0n) is 10.6. The number of thioether (sulfide) groups is 1. The predicted octanol–water partition coefficient (Wildman–Crippen LogP) is 3.66. The Balaban J connectivity index is 1.99. The van der Waals surface area contributed by atoms with Crippen molar-refractivity contribution in [3.05, 3.63) is 51.7 Å². The zero-order chi connectivity index (χ0) is 13.0. The van der Waals surface area contributed by atoms with Gasteiger partial charge in [-0.3, -0.25) is 11.3 Å². The van der Waals surface area contributed by atoms with Gasteiger partial charge in [-0.05, 0) is 38.1 Å². The van der Waals surface area contributed by atoms with Crippen LogP contribution < -0.4 is 11.3 Å². The Bertz CT molecular complexity index is 508. The molecule has 0 aliphatic heterocycles. The highest BCUT2D eigenvalue weighted by atomic mass is 32.2. The van der Waals surface area contributed by atoms with Crippen molar-refractivity contribution in [3.8, 4) is 0 Å². The predicted molar refractivity (Wildman–Crippen MR) is 81.0 cm³/mol. The number of nitrogens with two attached hydrogens (primary N) is 1. The molecular weight excluding hydrogens is 260 g/mol. The average Bonchev–Trinajstić information content (AvgIpc) is 2.77. The molecule has 0 aliphatic carbocycles. The van der Waals surface area contributed by atoms with E-state index in [0.29, 0.717) is 0 Å². The van der Waals surface area contributed by atoms with E-state index >= 15 is 0 Å². The molecule has 2 aromatic rings. The topological polar surface area (TPSA) is 38.0 Å². The Morgan fingerprint density at radius 3 is 2.72 bits per heavy atom. The first-order chi connectivity index (χ1) is 8.69. The summed E-state index contributed by atoms with van der Waals surface area (Å²) in [5, 5.41) is 0. The van der Waals surface area contributed by atoms with Crippen LogP contribution in [0.25, 0.3) is 0 Å². The molecule has 0 aliphatic rings. The van der Waals surface area contributed by atoms with Crippen LogP contribution in [0.5, 0.6) is 0 Å². The van der Waals surface area contributed by atoms with Crippen LogP contribution in [-0.4, -0.2) is 5.75 Å². The van der Waals surface area contributed by atoms with Gasteiger partial charge in [-0.15, -0.1) is 23.1 Å². The van der Waals surface area contributed by atoms with Gasteiger partial charge in [0.2, 0.25) is 0 Å². The Hall–Kier alpha value is -0.810. The Morgan fingerprint density at radius 1 is 1.28 bits per heavy atom. The zero-order valence-corrected chi connectivity index (χ0v) is 12.3. The first-order valence-corrected chi connectivity index (χ1v) is 7.71. The number of benzene rings is 1. The van der Waals surface area contributed by atoms with E-state index in [1.165, 1.54) is 20.2 Å². The van der Waals surface area contributed by atoms with Crippen LogP contribution in [0, 0.1) is 13.8 Å². The van der Waals surface area contributed by atoms with Crippen molar-refractivity contribution in [1.82, 2.24) is 5.43 Å². The number of aryl methyl sites for hydroxylation is 2. The fourth-order valence-electron chi connectivity index (χ4n) is 1.74. The maximum atomic E-state index is 5.65. The molecule has 1 aromatic heterocycles. The van der Waals surface area contributed by atoms with Crippen LogP contribution >= 0.6 is 23.1 Å². The molecule has 0 saturated carbocycles. The molecule has 4 heteroatoms. The van der Waals surface area contributed by atoms with E-state index < -0.39 is 0 Å². The minimum absolute atomic E-state index is 0.217. The molecule has 18 heavy (non-hydrogen) atoms. The van der Waals surface area contributed by atoms with Gasteiger partial charge >= 0.3 is 0 Å². The lowest BCUT2D eigenvalue weighted by atomic mass is 10.2. The number of thiophene rings is 1. The molecule has 0 spiro atoms. The number of nitrogens with one attached hydrogen (secondary N) is 1. The Labute approximate surface area is 117 Å². The maximum Gasteiger partial charge on any atom is 0.0647 e. The lowest BCUT2D eigenvalue weighted by Gasteiger charge is -2.13. The third-order valence-electron chi connectivity index (χ3n) is 2.71. The van der Waals surface area contributed by atoms with Crippen molar-refractivity contribution in [1.29, 1.82) is 0 Å². The lowest BCUT2D eigenvalue weighted by Crippen LogP contribution is -2.29. The highest BCUT2D eigenvalue weighted by molar-refractivity contribution is 7.99. The summed E-state index contributed by atoms with van der Waals surface area (Å²) < 4.78 is 0. The molecule has 0 radical (unpaired) electrons. The molecule has 1 aromatic carbocycles. The highest BCUT2D eigenvalue weighted by Gasteiger charge is 2.12. The van der Waals surface area contributed by atoms with Gasteiger partial charge in [-0.2, -0.15) is 0 Å². The molecule has 96 valence electrons. The largest absolute Gasteiger partial charge is 0.271 e. The second-order valence-corrected chi connectivity index (χ2v) is 6.71. The lowest BCUT2D eigenvalue weighted by molar-refractivity contribution is 0.620. The van der Waals surface area contributed by atoms with Gasteiger partial charge in [-0.25, -0.2) is 0 Å². The monoisotopic (exact) mass is 278 g/mol. The SMILES string of the molecule is Cc1cccc(SCC(NN)c2ccc(C)s2)c1. The summed E-state index contributed by atoms with van der Waals surface area (Å²) in [5.74, 6) is 6.60. The molecular formula is C14H18N2S2. The second kappa shape index (κ2) is 6.38. The fraction of sp³-hybridized carbons (Fsp3) is 0.286. The van der Waals surface area contributed by atoms with Crippen LogP contribution in [-0.2, 0) is 0 Å². The van der Waals surface area contributed by atoms with Crippen molar-refractivity contribution in [3.63, 3.8) is 0 Å². The molecule has 3 N–H and O–H groups in total. The van der Waals surface area contributed by atoms with Gasteiger partial charge < -0.3 is 0 Å². The molecule has 0 fully saturated rings. The van der Waals surface area contributed by atoms with E-state index in [2.05, 4.69) is 55.7 Å². The van der Waals surface area contributed by atoms with Crippen LogP contribution in [0.1, 0.15) is 21.4 Å². The first kappa shape index (κ1) is 13.6. The van der Waals surface area contributed by atoms with Crippen molar-refractivity contribution in [2.75, 3.05) is 5.75 Å². The maximum absolute atomic E-state index is 5.65. The Kier molecular flexibility index (Phi) is 4.83. The van der Waals surface area contributed by atoms with Gasteiger partial charge in [0.15, 0.2) is 0 Å². The van der Waals surface area contributed by atoms with Gasteiger partial charge in [0.1, 0.15) is 0 Å². The summed E-state index contributed by atoms with van der Waals surface area (Å²) in [5.41, 5.74) is 4.20. The van der Waals surface area contributed by atoms with E-state index in [0.717, 1.165) is 5.75 Å². The Morgan fingerprint density at radius 2 is 2.11 bits per heavy atom. The van der Waals surface area contributed by atoms with Crippen LogP contribution in [0.3, 0.4) is 0 Å². The molecule has 0 amide bonds. The van der Waals surface area contributed by atoms with E-state index in [1.807, 2.05) is 11.8 Å². The number of hydrazine groups is 1. The van der Waals surface area contributed by atoms with Crippen LogP contribution in [0.15, 0.2) is 41.3 Å². The van der Waals surface area contributed by atoms with E-state index in [9.17, 15) is 0 Å². The van der Waals surface area contributed by atoms with Crippen molar-refractivity contribution in [2.24, 2.45) is 5.84 Å². The summed E-state index contributed by atoms with van der Waals surface area (Å²) in [6.45, 7) is 4.24. The summed E-state index contributed by atoms with van der Waals surface area (Å²) in [6, 6.07) is 13.1. The highest BCUT2D eigenvalue weighted by Crippen LogP contribution is 2.28. The third kappa shape index (κ3) is 3.59. The van der Waals surface area contributed by atoms with E-state index in [1.54, 1.807) is 11.3 Å².